The lowest BCUT2D eigenvalue weighted by molar-refractivity contribution is -0.114. The largest absolute Gasteiger partial charge is 0.376 e. The van der Waals surface area contributed by atoms with Crippen LogP contribution < -0.4 is 10.6 Å². The number of amides is 1. The first-order valence-electron chi connectivity index (χ1n) is 9.26. The van der Waals surface area contributed by atoms with Gasteiger partial charge in [-0.25, -0.2) is 12.8 Å². The van der Waals surface area contributed by atoms with Crippen molar-refractivity contribution < 1.29 is 17.6 Å². The summed E-state index contributed by atoms with van der Waals surface area (Å²) in [5.41, 5.74) is 1.57. The number of nitrogens with one attached hydrogen (secondary N) is 2. The standard InChI is InChI=1S/C20H24FN3O3S/c1-15-8-9-17(13-19(15)28(26,27)24-10-3-2-4-11-24)22-14-20(25)23-18-7-5-6-16(21)12-18/h5-9,12-13,22H,2-4,10-11,14H2,1H3,(H,23,25). The first-order valence-corrected chi connectivity index (χ1v) is 10.7. The van der Waals surface area contributed by atoms with Crippen molar-refractivity contribution in [3.63, 3.8) is 0 Å². The third kappa shape index (κ3) is 4.88. The molecule has 1 aliphatic heterocycles. The summed E-state index contributed by atoms with van der Waals surface area (Å²) in [6, 6.07) is 10.7. The molecular formula is C20H24FN3O3S. The second-order valence-electron chi connectivity index (χ2n) is 6.86. The first kappa shape index (κ1) is 20.3. The van der Waals surface area contributed by atoms with Gasteiger partial charge in [-0.2, -0.15) is 4.31 Å². The van der Waals surface area contributed by atoms with E-state index in [2.05, 4.69) is 10.6 Å². The Kier molecular flexibility index (Phi) is 6.31. The normalized spacial score (nSPS) is 15.2. The minimum Gasteiger partial charge on any atom is -0.376 e. The van der Waals surface area contributed by atoms with Crippen LogP contribution in [0, 0.1) is 12.7 Å². The number of carbonyl (C=O) groups is 1. The summed E-state index contributed by atoms with van der Waals surface area (Å²) in [4.78, 5) is 12.3. The van der Waals surface area contributed by atoms with Crippen molar-refractivity contribution in [2.24, 2.45) is 0 Å². The van der Waals surface area contributed by atoms with E-state index < -0.39 is 15.8 Å². The molecule has 0 atom stereocenters. The molecule has 0 aliphatic carbocycles. The molecule has 1 saturated heterocycles. The molecule has 0 aromatic heterocycles. The van der Waals surface area contributed by atoms with Gasteiger partial charge in [0.2, 0.25) is 15.9 Å². The SMILES string of the molecule is Cc1ccc(NCC(=O)Nc2cccc(F)c2)cc1S(=O)(=O)N1CCCCC1. The van der Waals surface area contributed by atoms with Crippen molar-refractivity contribution in [2.45, 2.75) is 31.1 Å². The average molecular weight is 405 g/mol. The Morgan fingerprint density at radius 1 is 1.07 bits per heavy atom. The van der Waals surface area contributed by atoms with Crippen molar-refractivity contribution in [1.29, 1.82) is 0 Å². The number of carbonyl (C=O) groups excluding carboxylic acids is 1. The van der Waals surface area contributed by atoms with Crippen molar-refractivity contribution in [1.82, 2.24) is 4.31 Å². The smallest absolute Gasteiger partial charge is 0.243 e. The van der Waals surface area contributed by atoms with Gasteiger partial charge in [-0.3, -0.25) is 4.79 Å². The average Bonchev–Trinajstić information content (AvgIpc) is 2.68. The predicted octanol–water partition coefficient (Wildman–Crippen LogP) is 3.36. The van der Waals surface area contributed by atoms with Gasteiger partial charge in [0, 0.05) is 24.5 Å². The van der Waals surface area contributed by atoms with Crippen LogP contribution in [-0.2, 0) is 14.8 Å². The lowest BCUT2D eigenvalue weighted by Crippen LogP contribution is -2.36. The highest BCUT2D eigenvalue weighted by molar-refractivity contribution is 7.89. The van der Waals surface area contributed by atoms with Gasteiger partial charge in [-0.1, -0.05) is 18.6 Å². The van der Waals surface area contributed by atoms with Crippen LogP contribution in [0.5, 0.6) is 0 Å². The second-order valence-corrected chi connectivity index (χ2v) is 8.76. The van der Waals surface area contributed by atoms with E-state index in [0.29, 0.717) is 30.0 Å². The molecule has 28 heavy (non-hydrogen) atoms. The summed E-state index contributed by atoms with van der Waals surface area (Å²) < 4.78 is 40.6. The molecule has 1 heterocycles. The topological polar surface area (TPSA) is 78.5 Å². The fourth-order valence-electron chi connectivity index (χ4n) is 3.19. The molecular weight excluding hydrogens is 381 g/mol. The minimum absolute atomic E-state index is 0.0667. The maximum atomic E-state index is 13.2. The molecule has 2 N–H and O–H groups in total. The van der Waals surface area contributed by atoms with Gasteiger partial charge >= 0.3 is 0 Å². The van der Waals surface area contributed by atoms with Crippen molar-refractivity contribution >= 4 is 27.3 Å². The van der Waals surface area contributed by atoms with Crippen LogP contribution in [0.3, 0.4) is 0 Å². The Hall–Kier alpha value is -2.45. The fraction of sp³-hybridized carbons (Fsp3) is 0.350. The number of halogens is 1. The number of aryl methyl sites for hydroxylation is 1. The summed E-state index contributed by atoms with van der Waals surface area (Å²) in [7, 11) is -3.56. The molecule has 8 heteroatoms. The van der Waals surface area contributed by atoms with Crippen molar-refractivity contribution in [2.75, 3.05) is 30.3 Å². The molecule has 1 fully saturated rings. The summed E-state index contributed by atoms with van der Waals surface area (Å²) >= 11 is 0. The molecule has 2 aromatic carbocycles. The quantitative estimate of drug-likeness (QED) is 0.773. The number of rotatable bonds is 6. The Balaban J connectivity index is 1.68. The lowest BCUT2D eigenvalue weighted by atomic mass is 10.2. The molecule has 2 aromatic rings. The molecule has 1 amide bonds. The number of hydrogen-bond donors (Lipinski definition) is 2. The number of nitrogens with zero attached hydrogens (tertiary/aromatic N) is 1. The van der Waals surface area contributed by atoms with Crippen LogP contribution in [0.25, 0.3) is 0 Å². The highest BCUT2D eigenvalue weighted by Gasteiger charge is 2.27. The monoisotopic (exact) mass is 405 g/mol. The van der Waals surface area contributed by atoms with Gasteiger partial charge in [-0.15, -0.1) is 0 Å². The number of anilines is 2. The Morgan fingerprint density at radius 3 is 2.54 bits per heavy atom. The van der Waals surface area contributed by atoms with Crippen LogP contribution in [0.2, 0.25) is 0 Å². The van der Waals surface area contributed by atoms with Gasteiger partial charge in [0.15, 0.2) is 0 Å². The molecule has 0 saturated carbocycles. The van der Waals surface area contributed by atoms with Gasteiger partial charge in [0.05, 0.1) is 11.4 Å². The maximum Gasteiger partial charge on any atom is 0.243 e. The van der Waals surface area contributed by atoms with E-state index in [-0.39, 0.29) is 17.3 Å². The number of sulfonamides is 1. The van der Waals surface area contributed by atoms with Crippen LogP contribution in [-0.4, -0.2) is 38.3 Å². The Bertz CT molecular complexity index is 957. The van der Waals surface area contributed by atoms with E-state index in [1.54, 1.807) is 31.2 Å². The molecule has 0 spiro atoms. The number of benzene rings is 2. The van der Waals surface area contributed by atoms with Crippen molar-refractivity contribution in [3.05, 3.63) is 53.8 Å². The molecule has 0 bridgehead atoms. The molecule has 0 radical (unpaired) electrons. The highest BCUT2D eigenvalue weighted by atomic mass is 32.2. The number of hydrogen-bond acceptors (Lipinski definition) is 4. The van der Waals surface area contributed by atoms with Crippen LogP contribution >= 0.6 is 0 Å². The third-order valence-corrected chi connectivity index (χ3v) is 6.72. The van der Waals surface area contributed by atoms with Gasteiger partial charge in [0.25, 0.3) is 0 Å². The van der Waals surface area contributed by atoms with Crippen LogP contribution in [0.1, 0.15) is 24.8 Å². The molecule has 6 nitrogen and oxygen atoms in total. The highest BCUT2D eigenvalue weighted by Crippen LogP contribution is 2.26. The fourth-order valence-corrected chi connectivity index (χ4v) is 4.95. The van der Waals surface area contributed by atoms with E-state index in [0.717, 1.165) is 19.3 Å². The number of piperidine rings is 1. The summed E-state index contributed by atoms with van der Waals surface area (Å²) in [6.07, 6.45) is 2.79. The van der Waals surface area contributed by atoms with Gasteiger partial charge in [0.1, 0.15) is 5.82 Å². The summed E-state index contributed by atoms with van der Waals surface area (Å²) in [6.45, 7) is 2.77. The molecule has 3 rings (SSSR count). The van der Waals surface area contributed by atoms with Crippen LogP contribution in [0.4, 0.5) is 15.8 Å². The zero-order valence-corrected chi connectivity index (χ0v) is 16.6. The second kappa shape index (κ2) is 8.70. The van der Waals surface area contributed by atoms with Crippen molar-refractivity contribution in [3.8, 4) is 0 Å². The van der Waals surface area contributed by atoms with E-state index in [9.17, 15) is 17.6 Å². The molecule has 150 valence electrons. The third-order valence-electron chi connectivity index (χ3n) is 4.68. The minimum atomic E-state index is -3.56. The Labute approximate surface area is 164 Å². The zero-order chi connectivity index (χ0) is 20.1. The summed E-state index contributed by atoms with van der Waals surface area (Å²) in [5, 5.41) is 5.53. The zero-order valence-electron chi connectivity index (χ0n) is 15.7. The summed E-state index contributed by atoms with van der Waals surface area (Å²) in [5.74, 6) is -0.788. The predicted molar refractivity (Wildman–Crippen MR) is 107 cm³/mol. The van der Waals surface area contributed by atoms with Gasteiger partial charge < -0.3 is 10.6 Å². The van der Waals surface area contributed by atoms with Gasteiger partial charge in [-0.05, 0) is 55.7 Å². The van der Waals surface area contributed by atoms with E-state index in [1.807, 2.05) is 0 Å². The van der Waals surface area contributed by atoms with E-state index in [1.165, 1.54) is 22.5 Å². The Morgan fingerprint density at radius 2 is 1.82 bits per heavy atom. The molecule has 1 aliphatic rings. The molecule has 0 unspecified atom stereocenters. The maximum absolute atomic E-state index is 13.2. The van der Waals surface area contributed by atoms with E-state index in [4.69, 9.17) is 0 Å². The van der Waals surface area contributed by atoms with Crippen LogP contribution in [0.15, 0.2) is 47.4 Å². The first-order chi connectivity index (χ1) is 13.4. The van der Waals surface area contributed by atoms with E-state index >= 15 is 0 Å². The lowest BCUT2D eigenvalue weighted by Gasteiger charge is -2.26.